The fraction of sp³-hybridized carbons (Fsp3) is 0.462. The fourth-order valence-corrected chi connectivity index (χ4v) is 1.89. The van der Waals surface area contributed by atoms with Gasteiger partial charge in [0.2, 0.25) is 0 Å². The molecule has 3 heteroatoms. The smallest absolute Gasteiger partial charge is 0.173 e. The van der Waals surface area contributed by atoms with E-state index in [0.29, 0.717) is 6.42 Å². The Balaban J connectivity index is 1.99. The van der Waals surface area contributed by atoms with Crippen LogP contribution in [-0.4, -0.2) is 19.0 Å². The van der Waals surface area contributed by atoms with Crippen LogP contribution >= 0.6 is 0 Å². The molecule has 1 aromatic carbocycles. The van der Waals surface area contributed by atoms with Crippen molar-refractivity contribution < 1.29 is 14.3 Å². The number of rotatable bonds is 3. The summed E-state index contributed by atoms with van der Waals surface area (Å²) in [6, 6.07) is 7.34. The van der Waals surface area contributed by atoms with E-state index in [0.717, 1.165) is 30.8 Å². The molecule has 0 bridgehead atoms. The Morgan fingerprint density at radius 2 is 1.81 bits per heavy atom. The summed E-state index contributed by atoms with van der Waals surface area (Å²) in [7, 11) is 1.63. The molecule has 1 saturated carbocycles. The van der Waals surface area contributed by atoms with Crippen LogP contribution in [0.5, 0.6) is 11.5 Å². The molecule has 0 spiro atoms. The third-order valence-corrected chi connectivity index (χ3v) is 2.84. The molecule has 0 radical (unpaired) electrons. The average molecular weight is 220 g/mol. The van der Waals surface area contributed by atoms with Crippen LogP contribution in [0.25, 0.3) is 0 Å². The molecule has 1 aliphatic rings. The van der Waals surface area contributed by atoms with E-state index >= 15 is 0 Å². The highest BCUT2D eigenvalue weighted by atomic mass is 16.5. The normalized spacial score (nSPS) is 20.6. The van der Waals surface area contributed by atoms with Gasteiger partial charge >= 0.3 is 0 Å². The number of carbonyl (C=O) groups is 1. The molecule has 0 amide bonds. The van der Waals surface area contributed by atoms with Crippen LogP contribution in [0.2, 0.25) is 0 Å². The Hall–Kier alpha value is -1.51. The molecule has 1 atom stereocenters. The minimum absolute atomic E-state index is 0.224. The Bertz CT molecular complexity index is 356. The minimum Gasteiger partial charge on any atom is -0.497 e. The Morgan fingerprint density at radius 1 is 1.12 bits per heavy atom. The summed E-state index contributed by atoms with van der Waals surface area (Å²) in [4.78, 5) is 11.6. The van der Waals surface area contributed by atoms with Crippen LogP contribution in [0.1, 0.15) is 25.7 Å². The van der Waals surface area contributed by atoms with Crippen LogP contribution in [0.15, 0.2) is 24.3 Å². The maximum Gasteiger partial charge on any atom is 0.173 e. The maximum absolute atomic E-state index is 11.6. The molecule has 0 heterocycles. The van der Waals surface area contributed by atoms with Crippen molar-refractivity contribution in [2.75, 3.05) is 7.11 Å². The van der Waals surface area contributed by atoms with Crippen molar-refractivity contribution in [2.24, 2.45) is 0 Å². The number of benzene rings is 1. The molecule has 1 aliphatic carbocycles. The molecule has 86 valence electrons. The van der Waals surface area contributed by atoms with E-state index in [9.17, 15) is 4.79 Å². The predicted octanol–water partition coefficient (Wildman–Crippen LogP) is 2.59. The summed E-state index contributed by atoms with van der Waals surface area (Å²) < 4.78 is 10.7. The van der Waals surface area contributed by atoms with Crippen molar-refractivity contribution in [1.82, 2.24) is 0 Å². The molecular formula is C13H16O3. The number of carbonyl (C=O) groups excluding carboxylic acids is 1. The third kappa shape index (κ3) is 2.54. The number of hydrogen-bond acceptors (Lipinski definition) is 3. The first kappa shape index (κ1) is 11.0. The van der Waals surface area contributed by atoms with Gasteiger partial charge in [0.25, 0.3) is 0 Å². The van der Waals surface area contributed by atoms with Gasteiger partial charge in [0.1, 0.15) is 11.5 Å². The SMILES string of the molecule is COc1ccc(OC2CCCCC2=O)cc1. The first-order valence-corrected chi connectivity index (χ1v) is 5.63. The summed E-state index contributed by atoms with van der Waals surface area (Å²) in [5, 5.41) is 0. The Morgan fingerprint density at radius 3 is 2.44 bits per heavy atom. The molecule has 0 aromatic heterocycles. The summed E-state index contributed by atoms with van der Waals surface area (Å²) >= 11 is 0. The summed E-state index contributed by atoms with van der Waals surface area (Å²) in [6.45, 7) is 0. The molecule has 0 aliphatic heterocycles. The van der Waals surface area contributed by atoms with Crippen LogP contribution in [0, 0.1) is 0 Å². The van der Waals surface area contributed by atoms with Crippen LogP contribution in [0.4, 0.5) is 0 Å². The van der Waals surface area contributed by atoms with Gasteiger partial charge in [-0.1, -0.05) is 0 Å². The second-order valence-corrected chi connectivity index (χ2v) is 3.99. The van der Waals surface area contributed by atoms with Crippen molar-refractivity contribution in [2.45, 2.75) is 31.8 Å². The number of hydrogen-bond donors (Lipinski definition) is 0. The highest BCUT2D eigenvalue weighted by molar-refractivity contribution is 5.84. The molecule has 0 saturated heterocycles. The molecule has 1 fully saturated rings. The number of methoxy groups -OCH3 is 1. The highest BCUT2D eigenvalue weighted by Crippen LogP contribution is 2.23. The molecule has 3 nitrogen and oxygen atoms in total. The second-order valence-electron chi connectivity index (χ2n) is 3.99. The van der Waals surface area contributed by atoms with Crippen molar-refractivity contribution in [3.8, 4) is 11.5 Å². The van der Waals surface area contributed by atoms with Gasteiger partial charge in [0.05, 0.1) is 7.11 Å². The molecule has 0 N–H and O–H groups in total. The quantitative estimate of drug-likeness (QED) is 0.785. The Labute approximate surface area is 95.4 Å². The fourth-order valence-electron chi connectivity index (χ4n) is 1.89. The Kier molecular flexibility index (Phi) is 3.44. The van der Waals surface area contributed by atoms with E-state index in [1.807, 2.05) is 24.3 Å². The highest BCUT2D eigenvalue weighted by Gasteiger charge is 2.23. The minimum atomic E-state index is -0.248. The average Bonchev–Trinajstić information content (AvgIpc) is 2.33. The van der Waals surface area contributed by atoms with E-state index in [-0.39, 0.29) is 11.9 Å². The van der Waals surface area contributed by atoms with Crippen LogP contribution < -0.4 is 9.47 Å². The zero-order chi connectivity index (χ0) is 11.4. The summed E-state index contributed by atoms with van der Waals surface area (Å²) in [6.07, 6.45) is 3.32. The largest absolute Gasteiger partial charge is 0.497 e. The van der Waals surface area contributed by atoms with Gasteiger partial charge in [-0.15, -0.1) is 0 Å². The molecule has 2 rings (SSSR count). The van der Waals surface area contributed by atoms with E-state index in [2.05, 4.69) is 0 Å². The zero-order valence-electron chi connectivity index (χ0n) is 9.44. The van der Waals surface area contributed by atoms with Gasteiger partial charge in [-0.3, -0.25) is 4.79 Å². The molecule has 1 aromatic rings. The van der Waals surface area contributed by atoms with Crippen molar-refractivity contribution >= 4 is 5.78 Å². The second kappa shape index (κ2) is 5.01. The first-order chi connectivity index (χ1) is 7.79. The van der Waals surface area contributed by atoms with E-state index in [1.54, 1.807) is 7.11 Å². The predicted molar refractivity (Wildman–Crippen MR) is 60.9 cm³/mol. The topological polar surface area (TPSA) is 35.5 Å². The van der Waals surface area contributed by atoms with Gasteiger partial charge in [0.15, 0.2) is 11.9 Å². The van der Waals surface area contributed by atoms with E-state index in [1.165, 1.54) is 0 Å². The van der Waals surface area contributed by atoms with Crippen molar-refractivity contribution in [1.29, 1.82) is 0 Å². The monoisotopic (exact) mass is 220 g/mol. The van der Waals surface area contributed by atoms with Crippen LogP contribution in [0.3, 0.4) is 0 Å². The number of Topliss-reactive ketones (excluding diaryl/α,β-unsaturated/α-hetero) is 1. The summed E-state index contributed by atoms with van der Waals surface area (Å²) in [5.41, 5.74) is 0. The molecule has 16 heavy (non-hydrogen) atoms. The lowest BCUT2D eigenvalue weighted by atomic mass is 9.96. The lowest BCUT2D eigenvalue weighted by molar-refractivity contribution is -0.127. The van der Waals surface area contributed by atoms with Crippen molar-refractivity contribution in [3.63, 3.8) is 0 Å². The molecular weight excluding hydrogens is 204 g/mol. The maximum atomic E-state index is 11.6. The van der Waals surface area contributed by atoms with E-state index < -0.39 is 0 Å². The lowest BCUT2D eigenvalue weighted by Gasteiger charge is -2.21. The number of ketones is 1. The van der Waals surface area contributed by atoms with Gasteiger partial charge in [-0.05, 0) is 43.5 Å². The van der Waals surface area contributed by atoms with Crippen LogP contribution in [-0.2, 0) is 4.79 Å². The van der Waals surface area contributed by atoms with Gasteiger partial charge in [-0.25, -0.2) is 0 Å². The third-order valence-electron chi connectivity index (χ3n) is 2.84. The lowest BCUT2D eigenvalue weighted by Crippen LogP contribution is -2.30. The van der Waals surface area contributed by atoms with E-state index in [4.69, 9.17) is 9.47 Å². The van der Waals surface area contributed by atoms with Gasteiger partial charge in [-0.2, -0.15) is 0 Å². The zero-order valence-corrected chi connectivity index (χ0v) is 9.44. The van der Waals surface area contributed by atoms with Gasteiger partial charge < -0.3 is 9.47 Å². The van der Waals surface area contributed by atoms with Gasteiger partial charge in [0, 0.05) is 6.42 Å². The summed E-state index contributed by atoms with van der Waals surface area (Å²) in [5.74, 6) is 1.76. The number of ether oxygens (including phenoxy) is 2. The standard InChI is InChI=1S/C13H16O3/c1-15-10-6-8-11(9-7-10)16-13-5-3-2-4-12(13)14/h6-9,13H,2-5H2,1H3. The molecule has 1 unspecified atom stereocenters. The van der Waals surface area contributed by atoms with Crippen molar-refractivity contribution in [3.05, 3.63) is 24.3 Å². The first-order valence-electron chi connectivity index (χ1n) is 5.63.